The van der Waals surface area contributed by atoms with Crippen LogP contribution in [0.15, 0.2) is 33.5 Å². The first-order chi connectivity index (χ1) is 11.8. The molecular formula is C15H16N2O6S2. The third kappa shape index (κ3) is 4.09. The van der Waals surface area contributed by atoms with Crippen molar-refractivity contribution in [1.29, 1.82) is 0 Å². The van der Waals surface area contributed by atoms with Gasteiger partial charge in [-0.3, -0.25) is 9.79 Å². The lowest BCUT2D eigenvalue weighted by Crippen LogP contribution is -2.62. The fourth-order valence-electron chi connectivity index (χ4n) is 2.17. The molecular weight excluding hydrogens is 368 g/mol. The van der Waals surface area contributed by atoms with E-state index in [2.05, 4.69) is 10.3 Å². The molecule has 2 rings (SSSR count). The Morgan fingerprint density at radius 2 is 2.12 bits per heavy atom. The summed E-state index contributed by atoms with van der Waals surface area (Å²) in [5, 5.41) is 23.3. The van der Waals surface area contributed by atoms with Crippen molar-refractivity contribution in [2.24, 2.45) is 4.99 Å². The van der Waals surface area contributed by atoms with Crippen LogP contribution in [0.1, 0.15) is 11.8 Å². The van der Waals surface area contributed by atoms with Gasteiger partial charge in [0, 0.05) is 12.0 Å². The molecule has 1 aliphatic heterocycles. The molecule has 134 valence electrons. The van der Waals surface area contributed by atoms with Gasteiger partial charge in [-0.25, -0.2) is 9.59 Å². The summed E-state index contributed by atoms with van der Waals surface area (Å²) in [6.07, 6.45) is -0.0161. The first-order valence-electron chi connectivity index (χ1n) is 7.05. The van der Waals surface area contributed by atoms with Gasteiger partial charge in [-0.2, -0.15) is 0 Å². The van der Waals surface area contributed by atoms with Gasteiger partial charge in [0.05, 0.1) is 6.42 Å². The molecule has 0 aromatic carbocycles. The van der Waals surface area contributed by atoms with Gasteiger partial charge in [0.25, 0.3) is 5.72 Å². The van der Waals surface area contributed by atoms with Crippen molar-refractivity contribution in [3.63, 3.8) is 0 Å². The molecule has 0 saturated carbocycles. The van der Waals surface area contributed by atoms with Crippen LogP contribution in [-0.4, -0.2) is 52.0 Å². The van der Waals surface area contributed by atoms with E-state index < -0.39 is 28.9 Å². The van der Waals surface area contributed by atoms with Gasteiger partial charge in [0.1, 0.15) is 5.71 Å². The fourth-order valence-corrected chi connectivity index (χ4v) is 3.93. The molecule has 2 atom stereocenters. The van der Waals surface area contributed by atoms with Crippen LogP contribution in [0, 0.1) is 0 Å². The second-order valence-corrected chi connectivity index (χ2v) is 7.11. The highest BCUT2D eigenvalue weighted by atomic mass is 32.2. The summed E-state index contributed by atoms with van der Waals surface area (Å²) in [4.78, 5) is 40.1. The molecule has 3 N–H and O–H groups in total. The fraction of sp³-hybridized carbons (Fsp3) is 0.333. The number of rotatable bonds is 7. The number of nitrogens with zero attached hydrogens (tertiary/aromatic N) is 1. The van der Waals surface area contributed by atoms with Crippen molar-refractivity contribution < 1.29 is 29.3 Å². The first-order valence-corrected chi connectivity index (χ1v) is 8.88. The lowest BCUT2D eigenvalue weighted by Gasteiger charge is -2.34. The molecule has 0 radical (unpaired) electrons. The predicted molar refractivity (Wildman–Crippen MR) is 93.7 cm³/mol. The van der Waals surface area contributed by atoms with Crippen LogP contribution in [0.25, 0.3) is 0 Å². The lowest BCUT2D eigenvalue weighted by molar-refractivity contribution is -0.169. The highest BCUT2D eigenvalue weighted by Crippen LogP contribution is 2.32. The Balaban J connectivity index is 2.30. The molecule has 8 nitrogen and oxygen atoms in total. The lowest BCUT2D eigenvalue weighted by atomic mass is 10.1. The van der Waals surface area contributed by atoms with Crippen LogP contribution >= 0.6 is 23.1 Å². The van der Waals surface area contributed by atoms with E-state index in [0.29, 0.717) is 5.57 Å². The standard InChI is InChI=1S/C15H16N2O6S2/c1-8-7-25-13(16-11(8)12(19)20)15(23-2,14(21)22)17-10(18)6-9-4-3-5-24-9/h3-5,7,13H,6H2,1-2H3,(H,17,18)(H,19,20)(H,21,22)/t13-,15-/m1/s1. The van der Waals surface area contributed by atoms with Crippen molar-refractivity contribution in [2.45, 2.75) is 24.4 Å². The van der Waals surface area contributed by atoms with E-state index in [-0.39, 0.29) is 12.1 Å². The molecule has 1 aromatic heterocycles. The normalized spacial score (nSPS) is 19.4. The smallest absolute Gasteiger partial charge is 0.360 e. The number of methoxy groups -OCH3 is 1. The Kier molecular flexibility index (Phi) is 5.98. The van der Waals surface area contributed by atoms with Crippen molar-refractivity contribution in [2.75, 3.05) is 7.11 Å². The Morgan fingerprint density at radius 1 is 1.40 bits per heavy atom. The van der Waals surface area contributed by atoms with Gasteiger partial charge < -0.3 is 20.3 Å². The number of carboxylic acids is 2. The second kappa shape index (κ2) is 7.81. The molecule has 2 heterocycles. The first kappa shape index (κ1) is 19.2. The van der Waals surface area contributed by atoms with E-state index in [0.717, 1.165) is 23.7 Å². The van der Waals surface area contributed by atoms with Crippen LogP contribution < -0.4 is 5.32 Å². The molecule has 0 saturated heterocycles. The zero-order valence-electron chi connectivity index (χ0n) is 13.4. The van der Waals surface area contributed by atoms with Gasteiger partial charge in [0.2, 0.25) is 5.91 Å². The number of thioether (sulfide) groups is 1. The van der Waals surface area contributed by atoms with E-state index in [1.807, 2.05) is 0 Å². The average Bonchev–Trinajstić information content (AvgIpc) is 3.05. The number of hydrogen-bond donors (Lipinski definition) is 3. The largest absolute Gasteiger partial charge is 0.478 e. The third-order valence-electron chi connectivity index (χ3n) is 3.42. The topological polar surface area (TPSA) is 125 Å². The quantitative estimate of drug-likeness (QED) is 0.606. The maximum atomic E-state index is 12.3. The summed E-state index contributed by atoms with van der Waals surface area (Å²) in [5.41, 5.74) is -2.05. The maximum absolute atomic E-state index is 12.3. The van der Waals surface area contributed by atoms with Gasteiger partial charge in [-0.05, 0) is 29.4 Å². The molecule has 0 spiro atoms. The van der Waals surface area contributed by atoms with Crippen LogP contribution in [0.2, 0.25) is 0 Å². The van der Waals surface area contributed by atoms with Crippen LogP contribution in [-0.2, 0) is 25.5 Å². The number of carbonyl (C=O) groups is 3. The van der Waals surface area contributed by atoms with E-state index in [4.69, 9.17) is 4.74 Å². The van der Waals surface area contributed by atoms with E-state index >= 15 is 0 Å². The Bertz CT molecular complexity index is 743. The molecule has 1 amide bonds. The number of ether oxygens (including phenoxy) is 1. The number of aliphatic imine (C=N–C) groups is 1. The zero-order valence-corrected chi connectivity index (χ0v) is 15.0. The molecule has 25 heavy (non-hydrogen) atoms. The van der Waals surface area contributed by atoms with Crippen molar-refractivity contribution in [3.8, 4) is 0 Å². The Hall–Kier alpha value is -2.17. The number of thiophene rings is 1. The third-order valence-corrected chi connectivity index (χ3v) is 5.48. The van der Waals surface area contributed by atoms with Crippen LogP contribution in [0.3, 0.4) is 0 Å². The summed E-state index contributed by atoms with van der Waals surface area (Å²) in [5.74, 6) is -3.31. The van der Waals surface area contributed by atoms with Gasteiger partial charge >= 0.3 is 11.9 Å². The van der Waals surface area contributed by atoms with Gasteiger partial charge in [-0.15, -0.1) is 23.1 Å². The van der Waals surface area contributed by atoms with Crippen molar-refractivity contribution in [3.05, 3.63) is 33.4 Å². The second-order valence-electron chi connectivity index (χ2n) is 5.12. The maximum Gasteiger partial charge on any atom is 0.360 e. The van der Waals surface area contributed by atoms with Crippen molar-refractivity contribution >= 4 is 46.7 Å². The number of hydrogen-bond acceptors (Lipinski definition) is 7. The molecule has 10 heteroatoms. The number of aliphatic carboxylic acids is 2. The van der Waals surface area contributed by atoms with E-state index in [1.165, 1.54) is 16.7 Å². The van der Waals surface area contributed by atoms with E-state index in [9.17, 15) is 24.6 Å². The summed E-state index contributed by atoms with van der Waals surface area (Å²) in [7, 11) is 1.13. The number of carboxylic acid groups (broad SMARTS) is 2. The SMILES string of the molecule is CO[C@@](NC(=O)Cc1cccs1)(C(=O)O)[C@@H]1N=C(C(=O)O)C(C)=CS1. The minimum atomic E-state index is -2.18. The molecule has 0 fully saturated rings. The van der Waals surface area contributed by atoms with Gasteiger partial charge in [0.15, 0.2) is 5.37 Å². The average molecular weight is 384 g/mol. The number of nitrogens with one attached hydrogen (secondary N) is 1. The molecule has 1 aromatic rings. The monoisotopic (exact) mass is 384 g/mol. The Labute approximate surface area is 151 Å². The highest BCUT2D eigenvalue weighted by Gasteiger charge is 2.50. The minimum Gasteiger partial charge on any atom is -0.478 e. The zero-order chi connectivity index (χ0) is 18.6. The predicted octanol–water partition coefficient (Wildman–Crippen LogP) is 1.34. The number of amides is 1. The van der Waals surface area contributed by atoms with Crippen molar-refractivity contribution in [1.82, 2.24) is 5.32 Å². The molecule has 0 aliphatic carbocycles. The Morgan fingerprint density at radius 3 is 2.64 bits per heavy atom. The van der Waals surface area contributed by atoms with E-state index in [1.54, 1.807) is 24.4 Å². The summed E-state index contributed by atoms with van der Waals surface area (Å²) in [6.45, 7) is 1.56. The summed E-state index contributed by atoms with van der Waals surface area (Å²) < 4.78 is 5.11. The minimum absolute atomic E-state index is 0.0161. The molecule has 1 aliphatic rings. The highest BCUT2D eigenvalue weighted by molar-refractivity contribution is 8.03. The van der Waals surface area contributed by atoms with Crippen LogP contribution in [0.4, 0.5) is 0 Å². The summed E-state index contributed by atoms with van der Waals surface area (Å²) >= 11 is 2.34. The van der Waals surface area contributed by atoms with Gasteiger partial charge in [-0.1, -0.05) is 6.07 Å². The van der Waals surface area contributed by atoms with Crippen LogP contribution in [0.5, 0.6) is 0 Å². The molecule has 0 bridgehead atoms. The molecule has 0 unspecified atom stereocenters. The number of carbonyl (C=O) groups excluding carboxylic acids is 1. The summed E-state index contributed by atoms with van der Waals surface area (Å²) in [6, 6.07) is 3.53.